The van der Waals surface area contributed by atoms with Gasteiger partial charge in [-0.15, -0.1) is 0 Å². The fraction of sp³-hybridized carbons (Fsp3) is 0.250. The van der Waals surface area contributed by atoms with E-state index in [1.54, 1.807) is 17.4 Å². The summed E-state index contributed by atoms with van der Waals surface area (Å²) in [6, 6.07) is 9.69. The van der Waals surface area contributed by atoms with Crippen molar-refractivity contribution in [1.29, 1.82) is 0 Å². The number of carbonyl (C=O) groups excluding carboxylic acids is 1. The largest absolute Gasteiger partial charge is 0.349 e. The van der Waals surface area contributed by atoms with Crippen LogP contribution in [-0.4, -0.2) is 38.0 Å². The molecule has 1 unspecified atom stereocenters. The molecule has 1 aromatic carbocycles. The minimum Gasteiger partial charge on any atom is -0.349 e. The maximum absolute atomic E-state index is 12.2. The molecule has 0 saturated carbocycles. The molecule has 1 atom stereocenters. The van der Waals surface area contributed by atoms with Gasteiger partial charge in [0.1, 0.15) is 5.52 Å². The van der Waals surface area contributed by atoms with Crippen molar-refractivity contribution in [2.75, 3.05) is 16.8 Å². The van der Waals surface area contributed by atoms with Crippen LogP contribution in [-0.2, 0) is 11.8 Å². The van der Waals surface area contributed by atoms with Crippen LogP contribution in [0, 0.1) is 0 Å². The number of nitrogens with one attached hydrogen (secondary N) is 1. The molecule has 3 heterocycles. The number of fused-ring (bicyclic) bond motifs is 1. The molecule has 0 bridgehead atoms. The van der Waals surface area contributed by atoms with Gasteiger partial charge in [0.2, 0.25) is 11.9 Å². The van der Waals surface area contributed by atoms with E-state index in [0.29, 0.717) is 18.9 Å². The number of imidazole rings is 1. The van der Waals surface area contributed by atoms with Crippen molar-refractivity contribution in [3.63, 3.8) is 0 Å². The highest BCUT2D eigenvalue weighted by Crippen LogP contribution is 2.22. The second-order valence-electron chi connectivity index (χ2n) is 5.64. The van der Waals surface area contributed by atoms with E-state index in [4.69, 9.17) is 0 Å². The van der Waals surface area contributed by atoms with Crippen LogP contribution in [0.1, 0.15) is 6.42 Å². The highest BCUT2D eigenvalue weighted by Gasteiger charge is 2.30. The minimum atomic E-state index is -0.00613. The van der Waals surface area contributed by atoms with Gasteiger partial charge in [-0.1, -0.05) is 18.2 Å². The Kier molecular flexibility index (Phi) is 3.18. The van der Waals surface area contributed by atoms with Gasteiger partial charge in [0, 0.05) is 25.7 Å². The number of rotatable bonds is 3. The molecule has 7 nitrogen and oxygen atoms in total. The summed E-state index contributed by atoms with van der Waals surface area (Å²) >= 11 is 0. The van der Waals surface area contributed by atoms with E-state index in [-0.39, 0.29) is 11.9 Å². The second-order valence-corrected chi connectivity index (χ2v) is 5.64. The quantitative estimate of drug-likeness (QED) is 0.795. The average molecular weight is 308 g/mol. The van der Waals surface area contributed by atoms with Crippen LogP contribution in [0.3, 0.4) is 0 Å². The second kappa shape index (κ2) is 5.35. The first-order valence-electron chi connectivity index (χ1n) is 7.47. The average Bonchev–Trinajstić information content (AvgIpc) is 3.12. The molecule has 7 heteroatoms. The number of amides is 1. The van der Waals surface area contributed by atoms with Gasteiger partial charge in [-0.2, -0.15) is 4.98 Å². The zero-order valence-electron chi connectivity index (χ0n) is 12.7. The van der Waals surface area contributed by atoms with E-state index in [0.717, 1.165) is 16.9 Å². The number of anilines is 2. The van der Waals surface area contributed by atoms with Gasteiger partial charge in [0.05, 0.1) is 18.6 Å². The Bertz CT molecular complexity index is 859. The van der Waals surface area contributed by atoms with Gasteiger partial charge in [-0.3, -0.25) is 4.79 Å². The summed E-state index contributed by atoms with van der Waals surface area (Å²) in [4.78, 5) is 27.0. The summed E-state index contributed by atoms with van der Waals surface area (Å²) < 4.78 is 1.85. The zero-order valence-corrected chi connectivity index (χ0v) is 12.7. The lowest BCUT2D eigenvalue weighted by molar-refractivity contribution is -0.117. The molecule has 1 aliphatic rings. The van der Waals surface area contributed by atoms with Crippen LogP contribution in [0.15, 0.2) is 42.9 Å². The van der Waals surface area contributed by atoms with Crippen molar-refractivity contribution < 1.29 is 4.79 Å². The fourth-order valence-corrected chi connectivity index (χ4v) is 2.83. The summed E-state index contributed by atoms with van der Waals surface area (Å²) in [6.45, 7) is 0.607. The number of aryl methyl sites for hydroxylation is 1. The van der Waals surface area contributed by atoms with Crippen LogP contribution in [0.2, 0.25) is 0 Å². The van der Waals surface area contributed by atoms with E-state index in [9.17, 15) is 4.79 Å². The third kappa shape index (κ3) is 2.50. The Morgan fingerprint density at radius 3 is 2.87 bits per heavy atom. The molecular formula is C16H16N6O. The van der Waals surface area contributed by atoms with Crippen LogP contribution in [0.4, 0.5) is 11.6 Å². The molecule has 0 spiro atoms. The third-order valence-electron chi connectivity index (χ3n) is 3.98. The molecule has 116 valence electrons. The Morgan fingerprint density at radius 2 is 2.04 bits per heavy atom. The first-order chi connectivity index (χ1) is 11.2. The summed E-state index contributed by atoms with van der Waals surface area (Å²) in [7, 11) is 1.89. The third-order valence-corrected chi connectivity index (χ3v) is 3.98. The molecule has 0 aliphatic carbocycles. The zero-order chi connectivity index (χ0) is 15.8. The monoisotopic (exact) mass is 308 g/mol. The highest BCUT2D eigenvalue weighted by atomic mass is 16.2. The molecule has 0 radical (unpaired) electrons. The lowest BCUT2D eigenvalue weighted by Crippen LogP contribution is -2.28. The number of aromatic nitrogens is 4. The molecule has 1 aliphatic heterocycles. The Labute approximate surface area is 133 Å². The van der Waals surface area contributed by atoms with E-state index in [2.05, 4.69) is 20.3 Å². The van der Waals surface area contributed by atoms with Gasteiger partial charge in [0.25, 0.3) is 0 Å². The molecule has 23 heavy (non-hydrogen) atoms. The first kappa shape index (κ1) is 13.7. The standard InChI is InChI=1S/C16H16N6O/c1-21-10-18-13-8-17-16(20-15(13)21)19-11-7-14(23)22(9-11)12-5-3-2-4-6-12/h2-6,8,10-11H,7,9H2,1H3,(H,17,19,20). The van der Waals surface area contributed by atoms with E-state index in [1.807, 2.05) is 41.9 Å². The number of hydrogen-bond donors (Lipinski definition) is 1. The fourth-order valence-electron chi connectivity index (χ4n) is 2.83. The summed E-state index contributed by atoms with van der Waals surface area (Å²) in [6.07, 6.45) is 3.83. The van der Waals surface area contributed by atoms with Crippen molar-refractivity contribution in [2.24, 2.45) is 7.05 Å². The van der Waals surface area contributed by atoms with Crippen molar-refractivity contribution in [1.82, 2.24) is 19.5 Å². The topological polar surface area (TPSA) is 75.9 Å². The smallest absolute Gasteiger partial charge is 0.229 e. The number of para-hydroxylation sites is 1. The number of nitrogens with zero attached hydrogens (tertiary/aromatic N) is 5. The lowest BCUT2D eigenvalue weighted by atomic mass is 10.2. The Morgan fingerprint density at radius 1 is 1.22 bits per heavy atom. The van der Waals surface area contributed by atoms with Crippen molar-refractivity contribution in [3.8, 4) is 0 Å². The summed E-state index contributed by atoms with van der Waals surface area (Å²) in [5.41, 5.74) is 2.45. The minimum absolute atomic E-state index is 0.00613. The molecule has 1 N–H and O–H groups in total. The SMILES string of the molecule is Cn1cnc2cnc(NC3CC(=O)N(c4ccccc4)C3)nc21. The van der Waals surface area contributed by atoms with Crippen LogP contribution in [0.5, 0.6) is 0 Å². The van der Waals surface area contributed by atoms with E-state index in [1.165, 1.54) is 0 Å². The highest BCUT2D eigenvalue weighted by molar-refractivity contribution is 5.96. The van der Waals surface area contributed by atoms with Gasteiger partial charge in [-0.05, 0) is 12.1 Å². The Balaban J connectivity index is 1.53. The van der Waals surface area contributed by atoms with E-state index < -0.39 is 0 Å². The van der Waals surface area contributed by atoms with Gasteiger partial charge < -0.3 is 14.8 Å². The molecule has 4 rings (SSSR count). The van der Waals surface area contributed by atoms with Crippen molar-refractivity contribution >= 4 is 28.7 Å². The molecule has 2 aromatic heterocycles. The first-order valence-corrected chi connectivity index (χ1v) is 7.47. The van der Waals surface area contributed by atoms with Gasteiger partial charge in [0.15, 0.2) is 5.65 Å². The van der Waals surface area contributed by atoms with Crippen LogP contribution < -0.4 is 10.2 Å². The molecule has 1 amide bonds. The molecule has 1 fully saturated rings. The van der Waals surface area contributed by atoms with Crippen molar-refractivity contribution in [2.45, 2.75) is 12.5 Å². The lowest BCUT2D eigenvalue weighted by Gasteiger charge is -2.17. The number of hydrogen-bond acceptors (Lipinski definition) is 5. The maximum atomic E-state index is 12.2. The predicted octanol–water partition coefficient (Wildman–Crippen LogP) is 1.58. The van der Waals surface area contributed by atoms with Crippen LogP contribution >= 0.6 is 0 Å². The maximum Gasteiger partial charge on any atom is 0.229 e. The Hall–Kier alpha value is -2.96. The summed E-state index contributed by atoms with van der Waals surface area (Å²) in [5, 5.41) is 3.25. The van der Waals surface area contributed by atoms with Crippen molar-refractivity contribution in [3.05, 3.63) is 42.9 Å². The predicted molar refractivity (Wildman–Crippen MR) is 87.1 cm³/mol. The van der Waals surface area contributed by atoms with E-state index >= 15 is 0 Å². The van der Waals surface area contributed by atoms with Gasteiger partial charge >= 0.3 is 0 Å². The number of benzene rings is 1. The number of carbonyl (C=O) groups is 1. The summed E-state index contributed by atoms with van der Waals surface area (Å²) in [5.74, 6) is 0.629. The van der Waals surface area contributed by atoms with Crippen LogP contribution in [0.25, 0.3) is 11.2 Å². The van der Waals surface area contributed by atoms with Gasteiger partial charge in [-0.25, -0.2) is 9.97 Å². The molecular weight excluding hydrogens is 292 g/mol. The molecule has 1 saturated heterocycles. The normalized spacial score (nSPS) is 17.9. The molecule has 3 aromatic rings.